The predicted octanol–water partition coefficient (Wildman–Crippen LogP) is 1.86. The van der Waals surface area contributed by atoms with Crippen LogP contribution in [0.5, 0.6) is 0 Å². The number of benzene rings is 1. The molecular weight excluding hydrogens is 272 g/mol. The van der Waals surface area contributed by atoms with Gasteiger partial charge in [-0.3, -0.25) is 10.2 Å². The van der Waals surface area contributed by atoms with E-state index in [4.69, 9.17) is 5.84 Å². The topological polar surface area (TPSA) is 80.9 Å². The molecule has 0 spiro atoms. The highest BCUT2D eigenvalue weighted by molar-refractivity contribution is 7.98. The highest BCUT2D eigenvalue weighted by Crippen LogP contribution is 2.21. The Morgan fingerprint density at radius 1 is 1.30 bits per heavy atom. The Morgan fingerprint density at radius 3 is 2.55 bits per heavy atom. The van der Waals surface area contributed by atoms with Gasteiger partial charge < -0.3 is 0 Å². The lowest BCUT2D eigenvalue weighted by molar-refractivity contribution is -0.122. The fraction of sp³-hybridized carbons (Fsp3) is 0.214. The summed E-state index contributed by atoms with van der Waals surface area (Å²) < 4.78 is 0. The Balaban J connectivity index is 1.96. The molecule has 1 unspecified atom stereocenters. The van der Waals surface area contributed by atoms with Crippen molar-refractivity contribution in [3.63, 3.8) is 0 Å². The average Bonchev–Trinajstić information content (AvgIpc) is 2.53. The van der Waals surface area contributed by atoms with Crippen molar-refractivity contribution >= 4 is 17.7 Å². The standard InChI is InChI=1S/C14H16N4OS/c1-10(13(19)18-15)12-5-3-11(4-6-12)9-20-14-16-7-2-8-17-14/h2-8,10H,9,15H2,1H3,(H,18,19). The number of hydrogen-bond donors (Lipinski definition) is 2. The summed E-state index contributed by atoms with van der Waals surface area (Å²) in [5.41, 5.74) is 4.27. The van der Waals surface area contributed by atoms with Gasteiger partial charge in [0, 0.05) is 18.1 Å². The lowest BCUT2D eigenvalue weighted by atomic mass is 10.00. The molecule has 1 atom stereocenters. The van der Waals surface area contributed by atoms with E-state index in [9.17, 15) is 4.79 Å². The Labute approximate surface area is 122 Å². The van der Waals surface area contributed by atoms with Crippen LogP contribution < -0.4 is 11.3 Å². The molecule has 0 aliphatic heterocycles. The van der Waals surface area contributed by atoms with Gasteiger partial charge in [-0.25, -0.2) is 15.8 Å². The average molecular weight is 288 g/mol. The maximum absolute atomic E-state index is 11.5. The Hall–Kier alpha value is -1.92. The first kappa shape index (κ1) is 14.5. The van der Waals surface area contributed by atoms with E-state index in [1.54, 1.807) is 30.2 Å². The number of hydrazine groups is 1. The molecule has 2 aromatic rings. The molecule has 0 saturated heterocycles. The minimum absolute atomic E-state index is 0.190. The number of aromatic nitrogens is 2. The summed E-state index contributed by atoms with van der Waals surface area (Å²) in [7, 11) is 0. The molecule has 1 heterocycles. The van der Waals surface area contributed by atoms with E-state index in [0.29, 0.717) is 0 Å². The van der Waals surface area contributed by atoms with Gasteiger partial charge in [0.15, 0.2) is 5.16 Å². The van der Waals surface area contributed by atoms with Crippen LogP contribution in [0, 0.1) is 0 Å². The molecule has 2 rings (SSSR count). The fourth-order valence-electron chi connectivity index (χ4n) is 1.69. The lowest BCUT2D eigenvalue weighted by Gasteiger charge is -2.10. The molecule has 20 heavy (non-hydrogen) atoms. The molecule has 0 aliphatic carbocycles. The van der Waals surface area contributed by atoms with Crippen LogP contribution in [0.3, 0.4) is 0 Å². The number of thioether (sulfide) groups is 1. The monoisotopic (exact) mass is 288 g/mol. The summed E-state index contributed by atoms with van der Waals surface area (Å²) in [6.07, 6.45) is 3.46. The van der Waals surface area contributed by atoms with Crippen LogP contribution in [0.4, 0.5) is 0 Å². The van der Waals surface area contributed by atoms with Crippen LogP contribution in [0.1, 0.15) is 24.0 Å². The van der Waals surface area contributed by atoms with Crippen LogP contribution in [0.2, 0.25) is 0 Å². The summed E-state index contributed by atoms with van der Waals surface area (Å²) in [5, 5.41) is 0.757. The molecule has 0 bridgehead atoms. The van der Waals surface area contributed by atoms with Crippen molar-refractivity contribution in [1.82, 2.24) is 15.4 Å². The molecule has 0 radical (unpaired) electrons. The second kappa shape index (κ2) is 7.02. The third kappa shape index (κ3) is 3.79. The van der Waals surface area contributed by atoms with Gasteiger partial charge in [0.05, 0.1) is 5.92 Å². The van der Waals surface area contributed by atoms with Crippen molar-refractivity contribution < 1.29 is 4.79 Å². The first-order chi connectivity index (χ1) is 9.70. The number of amides is 1. The number of nitrogens with two attached hydrogens (primary N) is 1. The molecule has 104 valence electrons. The third-order valence-corrected chi connectivity index (χ3v) is 3.87. The highest BCUT2D eigenvalue weighted by Gasteiger charge is 2.13. The van der Waals surface area contributed by atoms with Crippen molar-refractivity contribution in [3.05, 3.63) is 53.9 Å². The van der Waals surface area contributed by atoms with Crippen LogP contribution in [-0.4, -0.2) is 15.9 Å². The van der Waals surface area contributed by atoms with Gasteiger partial charge in [-0.05, 0) is 24.1 Å². The van der Waals surface area contributed by atoms with Crippen molar-refractivity contribution in [2.45, 2.75) is 23.8 Å². The Morgan fingerprint density at radius 2 is 1.95 bits per heavy atom. The quantitative estimate of drug-likeness (QED) is 0.288. The zero-order valence-corrected chi connectivity index (χ0v) is 11.9. The molecule has 1 amide bonds. The second-order valence-corrected chi connectivity index (χ2v) is 5.23. The molecule has 0 fully saturated rings. The normalized spacial score (nSPS) is 11.9. The van der Waals surface area contributed by atoms with Gasteiger partial charge in [-0.1, -0.05) is 36.0 Å². The third-order valence-electron chi connectivity index (χ3n) is 2.93. The van der Waals surface area contributed by atoms with E-state index < -0.39 is 0 Å². The number of hydrogen-bond acceptors (Lipinski definition) is 5. The molecule has 5 nitrogen and oxygen atoms in total. The van der Waals surface area contributed by atoms with Crippen LogP contribution in [-0.2, 0) is 10.5 Å². The summed E-state index contributed by atoms with van der Waals surface area (Å²) in [4.78, 5) is 19.8. The number of nitrogens with one attached hydrogen (secondary N) is 1. The first-order valence-corrected chi connectivity index (χ1v) is 7.18. The molecule has 1 aromatic carbocycles. The Bertz CT molecular complexity index is 559. The lowest BCUT2D eigenvalue weighted by Crippen LogP contribution is -2.33. The second-order valence-electron chi connectivity index (χ2n) is 4.29. The Kier molecular flexibility index (Phi) is 5.09. The van der Waals surface area contributed by atoms with Crippen molar-refractivity contribution in [3.8, 4) is 0 Å². The largest absolute Gasteiger partial charge is 0.294 e. The molecular formula is C14H16N4OS. The minimum Gasteiger partial charge on any atom is -0.294 e. The van der Waals surface area contributed by atoms with Gasteiger partial charge in [-0.2, -0.15) is 0 Å². The molecule has 0 aliphatic rings. The van der Waals surface area contributed by atoms with Gasteiger partial charge in [-0.15, -0.1) is 0 Å². The molecule has 3 N–H and O–H groups in total. The van der Waals surface area contributed by atoms with Gasteiger partial charge >= 0.3 is 0 Å². The van der Waals surface area contributed by atoms with E-state index in [0.717, 1.165) is 22.0 Å². The van der Waals surface area contributed by atoms with E-state index in [-0.39, 0.29) is 11.8 Å². The van der Waals surface area contributed by atoms with Crippen molar-refractivity contribution in [2.75, 3.05) is 0 Å². The maximum atomic E-state index is 11.5. The fourth-order valence-corrected chi connectivity index (χ4v) is 2.45. The summed E-state index contributed by atoms with van der Waals surface area (Å²) in [6, 6.07) is 9.70. The number of carbonyl (C=O) groups excluding carboxylic acids is 1. The van der Waals surface area contributed by atoms with Crippen molar-refractivity contribution in [1.29, 1.82) is 0 Å². The van der Waals surface area contributed by atoms with E-state index in [2.05, 4.69) is 15.4 Å². The van der Waals surface area contributed by atoms with E-state index in [1.807, 2.05) is 31.2 Å². The first-order valence-electron chi connectivity index (χ1n) is 6.20. The number of rotatable bonds is 5. The zero-order valence-electron chi connectivity index (χ0n) is 11.1. The zero-order chi connectivity index (χ0) is 14.4. The highest BCUT2D eigenvalue weighted by atomic mass is 32.2. The number of carbonyl (C=O) groups is 1. The molecule has 6 heteroatoms. The van der Waals surface area contributed by atoms with Crippen LogP contribution in [0.15, 0.2) is 47.9 Å². The summed E-state index contributed by atoms with van der Waals surface area (Å²) in [6.45, 7) is 1.82. The minimum atomic E-state index is -0.251. The van der Waals surface area contributed by atoms with Crippen molar-refractivity contribution in [2.24, 2.45) is 5.84 Å². The summed E-state index contributed by atoms with van der Waals surface area (Å²) in [5.74, 6) is 5.49. The van der Waals surface area contributed by atoms with Crippen LogP contribution in [0.25, 0.3) is 0 Å². The smallest absolute Gasteiger partial charge is 0.241 e. The van der Waals surface area contributed by atoms with Crippen LogP contribution >= 0.6 is 11.8 Å². The maximum Gasteiger partial charge on any atom is 0.241 e. The molecule has 1 aromatic heterocycles. The summed E-state index contributed by atoms with van der Waals surface area (Å²) >= 11 is 1.58. The van der Waals surface area contributed by atoms with Gasteiger partial charge in [0.2, 0.25) is 5.91 Å². The van der Waals surface area contributed by atoms with Gasteiger partial charge in [0.1, 0.15) is 0 Å². The van der Waals surface area contributed by atoms with E-state index in [1.165, 1.54) is 0 Å². The number of nitrogens with zero attached hydrogens (tertiary/aromatic N) is 2. The van der Waals surface area contributed by atoms with E-state index >= 15 is 0 Å². The van der Waals surface area contributed by atoms with Gasteiger partial charge in [0.25, 0.3) is 0 Å². The molecule has 0 saturated carbocycles. The predicted molar refractivity (Wildman–Crippen MR) is 78.8 cm³/mol. The SMILES string of the molecule is CC(C(=O)NN)c1ccc(CSc2ncccn2)cc1.